The summed E-state index contributed by atoms with van der Waals surface area (Å²) in [4.78, 5) is 35.6. The van der Waals surface area contributed by atoms with Crippen molar-refractivity contribution in [2.45, 2.75) is 13.8 Å². The predicted octanol–water partition coefficient (Wildman–Crippen LogP) is 3.85. The molecule has 0 aromatic heterocycles. The molecule has 28 heavy (non-hydrogen) atoms. The van der Waals surface area contributed by atoms with Gasteiger partial charge in [-0.3, -0.25) is 9.59 Å². The maximum atomic E-state index is 12.3. The molecule has 0 bridgehead atoms. The van der Waals surface area contributed by atoms with Crippen molar-refractivity contribution in [1.82, 2.24) is 0 Å². The van der Waals surface area contributed by atoms with E-state index >= 15 is 0 Å². The third-order valence-corrected chi connectivity index (χ3v) is 4.20. The van der Waals surface area contributed by atoms with Crippen LogP contribution in [0.3, 0.4) is 0 Å². The van der Waals surface area contributed by atoms with Crippen LogP contribution in [0.5, 0.6) is 11.5 Å². The highest BCUT2D eigenvalue weighted by Gasteiger charge is 2.17. The standard InChI is InChI=1S/C20H20BrNO6/c1-4-27-18-10-14(9-16(21)19(18)26-3)20(25)28-11-17(24)13-5-7-15(8-6-13)22-12(2)23/h5-10H,4,11H2,1-3H3,(H,22,23). The number of Topliss-reactive ketones (excluding diaryl/α,β-unsaturated/α-hetero) is 1. The lowest BCUT2D eigenvalue weighted by atomic mass is 10.1. The zero-order chi connectivity index (χ0) is 20.7. The fraction of sp³-hybridized carbons (Fsp3) is 0.250. The van der Waals surface area contributed by atoms with Gasteiger partial charge in [-0.15, -0.1) is 0 Å². The second-order valence-corrected chi connectivity index (χ2v) is 6.53. The fourth-order valence-electron chi connectivity index (χ4n) is 2.39. The molecule has 0 heterocycles. The van der Waals surface area contributed by atoms with Gasteiger partial charge >= 0.3 is 5.97 Å². The zero-order valence-electron chi connectivity index (χ0n) is 15.7. The first kappa shape index (κ1) is 21.4. The van der Waals surface area contributed by atoms with E-state index in [4.69, 9.17) is 14.2 Å². The van der Waals surface area contributed by atoms with Crippen molar-refractivity contribution in [2.24, 2.45) is 0 Å². The smallest absolute Gasteiger partial charge is 0.338 e. The molecule has 0 unspecified atom stereocenters. The van der Waals surface area contributed by atoms with Crippen LogP contribution in [0.4, 0.5) is 5.69 Å². The predicted molar refractivity (Wildman–Crippen MR) is 107 cm³/mol. The van der Waals surface area contributed by atoms with Crippen molar-refractivity contribution in [3.8, 4) is 11.5 Å². The number of hydrogen-bond donors (Lipinski definition) is 1. The highest BCUT2D eigenvalue weighted by Crippen LogP contribution is 2.36. The SMILES string of the molecule is CCOc1cc(C(=O)OCC(=O)c2ccc(NC(C)=O)cc2)cc(Br)c1OC. The largest absolute Gasteiger partial charge is 0.492 e. The number of halogens is 1. The van der Waals surface area contributed by atoms with E-state index in [0.717, 1.165) is 0 Å². The third kappa shape index (κ3) is 5.56. The van der Waals surface area contributed by atoms with Crippen LogP contribution in [0.2, 0.25) is 0 Å². The fourth-order valence-corrected chi connectivity index (χ4v) is 2.99. The van der Waals surface area contributed by atoms with Crippen LogP contribution in [0.15, 0.2) is 40.9 Å². The van der Waals surface area contributed by atoms with Gasteiger partial charge in [0.2, 0.25) is 5.91 Å². The molecule has 1 amide bonds. The molecule has 0 aliphatic heterocycles. The number of ketones is 1. The lowest BCUT2D eigenvalue weighted by Gasteiger charge is -2.13. The zero-order valence-corrected chi connectivity index (χ0v) is 17.3. The van der Waals surface area contributed by atoms with Gasteiger partial charge in [0.25, 0.3) is 0 Å². The topological polar surface area (TPSA) is 90.9 Å². The molecule has 148 valence electrons. The Labute approximate surface area is 171 Å². The summed E-state index contributed by atoms with van der Waals surface area (Å²) < 4.78 is 16.4. The quantitative estimate of drug-likeness (QED) is 0.485. The summed E-state index contributed by atoms with van der Waals surface area (Å²) in [7, 11) is 1.50. The minimum atomic E-state index is -0.660. The van der Waals surface area contributed by atoms with Crippen molar-refractivity contribution >= 4 is 39.3 Å². The van der Waals surface area contributed by atoms with E-state index in [1.165, 1.54) is 26.2 Å². The minimum absolute atomic E-state index is 0.204. The van der Waals surface area contributed by atoms with Crippen LogP contribution in [0, 0.1) is 0 Å². The van der Waals surface area contributed by atoms with Gasteiger partial charge in [-0.2, -0.15) is 0 Å². The van der Waals surface area contributed by atoms with Crippen molar-refractivity contribution in [2.75, 3.05) is 25.6 Å². The van der Waals surface area contributed by atoms with Gasteiger partial charge in [0.15, 0.2) is 23.9 Å². The maximum Gasteiger partial charge on any atom is 0.338 e. The summed E-state index contributed by atoms with van der Waals surface area (Å²) in [6, 6.07) is 9.35. The highest BCUT2D eigenvalue weighted by molar-refractivity contribution is 9.10. The molecule has 0 fully saturated rings. The molecule has 8 heteroatoms. The van der Waals surface area contributed by atoms with E-state index in [-0.39, 0.29) is 17.3 Å². The lowest BCUT2D eigenvalue weighted by Crippen LogP contribution is -2.15. The Morgan fingerprint density at radius 2 is 1.75 bits per heavy atom. The normalized spacial score (nSPS) is 10.1. The van der Waals surface area contributed by atoms with Gasteiger partial charge in [-0.1, -0.05) is 0 Å². The van der Waals surface area contributed by atoms with Gasteiger partial charge in [0.1, 0.15) is 0 Å². The van der Waals surface area contributed by atoms with Gasteiger partial charge in [0.05, 0.1) is 23.8 Å². The molecule has 0 spiro atoms. The summed E-state index contributed by atoms with van der Waals surface area (Å²) >= 11 is 3.33. The summed E-state index contributed by atoms with van der Waals surface area (Å²) in [6.45, 7) is 3.20. The number of carbonyl (C=O) groups excluding carboxylic acids is 3. The van der Waals surface area contributed by atoms with Gasteiger partial charge in [0, 0.05) is 18.2 Å². The third-order valence-electron chi connectivity index (χ3n) is 3.61. The number of esters is 1. The van der Waals surface area contributed by atoms with Crippen molar-refractivity contribution in [1.29, 1.82) is 0 Å². The Morgan fingerprint density at radius 3 is 2.32 bits per heavy atom. The molecule has 0 saturated heterocycles. The number of carbonyl (C=O) groups is 3. The van der Waals surface area contributed by atoms with E-state index < -0.39 is 12.6 Å². The van der Waals surface area contributed by atoms with Crippen LogP contribution in [0.25, 0.3) is 0 Å². The first-order chi connectivity index (χ1) is 13.3. The second kappa shape index (κ2) is 9.89. The van der Waals surface area contributed by atoms with E-state index in [0.29, 0.717) is 33.8 Å². The molecular formula is C20H20BrNO6. The van der Waals surface area contributed by atoms with Crippen molar-refractivity contribution in [3.63, 3.8) is 0 Å². The Bertz CT molecular complexity index is 879. The molecule has 0 saturated carbocycles. The highest BCUT2D eigenvalue weighted by atomic mass is 79.9. The molecule has 2 rings (SSSR count). The second-order valence-electron chi connectivity index (χ2n) is 5.68. The van der Waals surface area contributed by atoms with E-state index in [1.807, 2.05) is 6.92 Å². The molecule has 1 N–H and O–H groups in total. The minimum Gasteiger partial charge on any atom is -0.492 e. The molecule has 0 aliphatic rings. The summed E-state index contributed by atoms with van der Waals surface area (Å²) in [5.74, 6) is -0.363. The molecule has 0 aliphatic carbocycles. The average Bonchev–Trinajstić information content (AvgIpc) is 2.66. The Hall–Kier alpha value is -2.87. The van der Waals surface area contributed by atoms with Crippen molar-refractivity contribution in [3.05, 3.63) is 52.0 Å². The summed E-state index contributed by atoms with van der Waals surface area (Å²) in [6.07, 6.45) is 0. The number of amides is 1. The number of ether oxygens (including phenoxy) is 3. The van der Waals surface area contributed by atoms with Gasteiger partial charge in [-0.25, -0.2) is 4.79 Å². The van der Waals surface area contributed by atoms with Crippen LogP contribution in [-0.4, -0.2) is 38.0 Å². The van der Waals surface area contributed by atoms with E-state index in [9.17, 15) is 14.4 Å². The first-order valence-corrected chi connectivity index (χ1v) is 9.23. The van der Waals surface area contributed by atoms with Crippen LogP contribution < -0.4 is 14.8 Å². The first-order valence-electron chi connectivity index (χ1n) is 8.44. The monoisotopic (exact) mass is 449 g/mol. The number of benzene rings is 2. The van der Waals surface area contributed by atoms with Gasteiger partial charge < -0.3 is 19.5 Å². The van der Waals surface area contributed by atoms with Crippen LogP contribution in [0.1, 0.15) is 34.6 Å². The molecular weight excluding hydrogens is 430 g/mol. The van der Waals surface area contributed by atoms with E-state index in [1.54, 1.807) is 24.3 Å². The lowest BCUT2D eigenvalue weighted by molar-refractivity contribution is -0.114. The number of nitrogens with one attached hydrogen (secondary N) is 1. The molecule has 2 aromatic rings. The summed E-state index contributed by atoms with van der Waals surface area (Å²) in [5.41, 5.74) is 1.17. The van der Waals surface area contributed by atoms with Crippen molar-refractivity contribution < 1.29 is 28.6 Å². The number of hydrogen-bond acceptors (Lipinski definition) is 6. The molecule has 2 aromatic carbocycles. The Morgan fingerprint density at radius 1 is 1.07 bits per heavy atom. The van der Waals surface area contributed by atoms with E-state index in [2.05, 4.69) is 21.2 Å². The average molecular weight is 450 g/mol. The number of rotatable bonds is 8. The molecule has 7 nitrogen and oxygen atoms in total. The van der Waals surface area contributed by atoms with Crippen LogP contribution in [-0.2, 0) is 9.53 Å². The van der Waals surface area contributed by atoms with Crippen LogP contribution >= 0.6 is 15.9 Å². The van der Waals surface area contributed by atoms with Gasteiger partial charge in [-0.05, 0) is 59.3 Å². The Balaban J connectivity index is 2.05. The summed E-state index contributed by atoms with van der Waals surface area (Å²) in [5, 5.41) is 2.61. The maximum absolute atomic E-state index is 12.3. The number of anilines is 1. The Kier molecular flexibility index (Phi) is 7.57. The number of methoxy groups -OCH3 is 1. The molecule has 0 radical (unpaired) electrons. The molecule has 0 atom stereocenters.